The number of amides is 1. The van der Waals surface area contributed by atoms with Crippen molar-refractivity contribution in [2.45, 2.75) is 13.5 Å². The van der Waals surface area contributed by atoms with E-state index >= 15 is 0 Å². The predicted octanol–water partition coefficient (Wildman–Crippen LogP) is 3.67. The molecule has 0 atom stereocenters. The van der Waals surface area contributed by atoms with Crippen LogP contribution in [0.2, 0.25) is 0 Å². The molecule has 0 aliphatic heterocycles. The molecule has 0 unspecified atom stereocenters. The second-order valence-electron chi connectivity index (χ2n) is 5.82. The van der Waals surface area contributed by atoms with Crippen molar-refractivity contribution in [3.63, 3.8) is 0 Å². The van der Waals surface area contributed by atoms with Gasteiger partial charge < -0.3 is 10.2 Å². The monoisotopic (exact) mass is 332 g/mol. The lowest BCUT2D eigenvalue weighted by Gasteiger charge is -2.19. The van der Waals surface area contributed by atoms with Gasteiger partial charge in [0.2, 0.25) is 0 Å². The van der Waals surface area contributed by atoms with Gasteiger partial charge in [-0.15, -0.1) is 0 Å². The first kappa shape index (κ1) is 16.6. The third-order valence-electron chi connectivity index (χ3n) is 3.74. The summed E-state index contributed by atoms with van der Waals surface area (Å²) >= 11 is 0. The van der Waals surface area contributed by atoms with Crippen molar-refractivity contribution in [2.75, 3.05) is 17.3 Å². The third kappa shape index (κ3) is 4.41. The van der Waals surface area contributed by atoms with Crippen molar-refractivity contribution in [2.24, 2.45) is 0 Å². The second kappa shape index (κ2) is 7.57. The van der Waals surface area contributed by atoms with E-state index in [2.05, 4.69) is 27.4 Å². The molecule has 126 valence electrons. The number of aromatic nitrogens is 2. The van der Waals surface area contributed by atoms with E-state index in [0.717, 1.165) is 11.5 Å². The van der Waals surface area contributed by atoms with Gasteiger partial charge in [0.05, 0.1) is 0 Å². The number of aryl methyl sites for hydroxylation is 1. The summed E-state index contributed by atoms with van der Waals surface area (Å²) < 4.78 is 0. The van der Waals surface area contributed by atoms with Gasteiger partial charge in [-0.25, -0.2) is 9.97 Å². The summed E-state index contributed by atoms with van der Waals surface area (Å²) in [6, 6.07) is 21.2. The maximum Gasteiger partial charge on any atom is 0.274 e. The molecule has 5 nitrogen and oxygen atoms in total. The van der Waals surface area contributed by atoms with Gasteiger partial charge in [-0.05, 0) is 24.6 Å². The molecule has 3 aromatic rings. The Balaban J connectivity index is 1.79. The van der Waals surface area contributed by atoms with Gasteiger partial charge in [0.25, 0.3) is 5.91 Å². The molecule has 0 aliphatic carbocycles. The molecule has 0 fully saturated rings. The van der Waals surface area contributed by atoms with Crippen LogP contribution in [0.15, 0.2) is 66.7 Å². The SMILES string of the molecule is Cc1nc(C(=O)Nc2ccccc2)cc(N(C)Cc2ccccc2)n1. The summed E-state index contributed by atoms with van der Waals surface area (Å²) in [5, 5.41) is 2.85. The van der Waals surface area contributed by atoms with Crippen molar-refractivity contribution < 1.29 is 4.79 Å². The molecule has 1 amide bonds. The Morgan fingerprint density at radius 2 is 1.64 bits per heavy atom. The molecule has 1 aromatic heterocycles. The minimum atomic E-state index is -0.244. The molecule has 2 aromatic carbocycles. The zero-order valence-electron chi connectivity index (χ0n) is 14.3. The Kier molecular flexibility index (Phi) is 5.04. The zero-order valence-corrected chi connectivity index (χ0v) is 14.3. The van der Waals surface area contributed by atoms with Gasteiger partial charge >= 0.3 is 0 Å². The van der Waals surface area contributed by atoms with Crippen molar-refractivity contribution in [1.82, 2.24) is 9.97 Å². The van der Waals surface area contributed by atoms with E-state index in [1.165, 1.54) is 5.56 Å². The largest absolute Gasteiger partial charge is 0.355 e. The zero-order chi connectivity index (χ0) is 17.6. The Hall–Kier alpha value is -3.21. The maximum absolute atomic E-state index is 12.5. The molecule has 1 heterocycles. The molecule has 0 spiro atoms. The highest BCUT2D eigenvalue weighted by Crippen LogP contribution is 2.16. The van der Waals surface area contributed by atoms with Gasteiger partial charge in [0, 0.05) is 25.3 Å². The van der Waals surface area contributed by atoms with Crippen molar-refractivity contribution in [3.8, 4) is 0 Å². The lowest BCUT2D eigenvalue weighted by atomic mass is 10.2. The van der Waals surface area contributed by atoms with Crippen LogP contribution < -0.4 is 10.2 Å². The highest BCUT2D eigenvalue weighted by Gasteiger charge is 2.13. The number of carbonyl (C=O) groups is 1. The Labute approximate surface area is 147 Å². The van der Waals surface area contributed by atoms with Gasteiger partial charge in [-0.2, -0.15) is 0 Å². The number of carbonyl (C=O) groups excluding carboxylic acids is 1. The molecule has 25 heavy (non-hydrogen) atoms. The highest BCUT2D eigenvalue weighted by atomic mass is 16.1. The molecular formula is C20H20N4O. The topological polar surface area (TPSA) is 58.1 Å². The number of nitrogens with one attached hydrogen (secondary N) is 1. The van der Waals surface area contributed by atoms with Crippen molar-refractivity contribution >= 4 is 17.4 Å². The number of para-hydroxylation sites is 1. The highest BCUT2D eigenvalue weighted by molar-refractivity contribution is 6.03. The Morgan fingerprint density at radius 1 is 1.00 bits per heavy atom. The molecule has 3 rings (SSSR count). The summed E-state index contributed by atoms with van der Waals surface area (Å²) in [7, 11) is 1.95. The van der Waals surface area contributed by atoms with Crippen LogP contribution in [-0.4, -0.2) is 22.9 Å². The average Bonchev–Trinajstić information content (AvgIpc) is 2.63. The van der Waals surface area contributed by atoms with Crippen LogP contribution in [0.5, 0.6) is 0 Å². The lowest BCUT2D eigenvalue weighted by Crippen LogP contribution is -2.21. The third-order valence-corrected chi connectivity index (χ3v) is 3.74. The number of nitrogens with zero attached hydrogens (tertiary/aromatic N) is 3. The van der Waals surface area contributed by atoms with E-state index in [1.807, 2.05) is 60.5 Å². The smallest absolute Gasteiger partial charge is 0.274 e. The first-order valence-electron chi connectivity index (χ1n) is 8.09. The average molecular weight is 332 g/mol. The molecule has 5 heteroatoms. The summed E-state index contributed by atoms with van der Waals surface area (Å²) in [5.74, 6) is 1.04. The second-order valence-corrected chi connectivity index (χ2v) is 5.82. The standard InChI is InChI=1S/C20H20N4O/c1-15-21-18(20(25)23-17-11-7-4-8-12-17)13-19(22-15)24(2)14-16-9-5-3-6-10-16/h3-13H,14H2,1-2H3,(H,23,25). The normalized spacial score (nSPS) is 10.3. The molecule has 0 radical (unpaired) electrons. The van der Waals surface area contributed by atoms with E-state index < -0.39 is 0 Å². The molecular weight excluding hydrogens is 312 g/mol. The van der Waals surface area contributed by atoms with Gasteiger partial charge in [0.15, 0.2) is 0 Å². The first-order valence-corrected chi connectivity index (χ1v) is 8.09. The lowest BCUT2D eigenvalue weighted by molar-refractivity contribution is 0.102. The van der Waals surface area contributed by atoms with E-state index in [-0.39, 0.29) is 5.91 Å². The fourth-order valence-electron chi connectivity index (χ4n) is 2.52. The van der Waals surface area contributed by atoms with Crippen LogP contribution in [0.1, 0.15) is 21.9 Å². The first-order chi connectivity index (χ1) is 12.1. The fraction of sp³-hybridized carbons (Fsp3) is 0.150. The Morgan fingerprint density at radius 3 is 2.32 bits per heavy atom. The van der Waals surface area contributed by atoms with Crippen LogP contribution in [-0.2, 0) is 6.54 Å². The van der Waals surface area contributed by atoms with E-state index in [1.54, 1.807) is 13.0 Å². The number of hydrogen-bond donors (Lipinski definition) is 1. The predicted molar refractivity (Wildman–Crippen MR) is 99.7 cm³/mol. The van der Waals surface area contributed by atoms with Crippen LogP contribution in [0.4, 0.5) is 11.5 Å². The van der Waals surface area contributed by atoms with E-state index in [0.29, 0.717) is 18.1 Å². The number of benzene rings is 2. The van der Waals surface area contributed by atoms with Gasteiger partial charge in [0.1, 0.15) is 17.3 Å². The minimum Gasteiger partial charge on any atom is -0.355 e. The number of hydrogen-bond acceptors (Lipinski definition) is 4. The molecule has 0 bridgehead atoms. The Bertz CT molecular complexity index is 850. The van der Waals surface area contributed by atoms with Gasteiger partial charge in [-0.3, -0.25) is 4.79 Å². The quantitative estimate of drug-likeness (QED) is 0.774. The molecule has 0 aliphatic rings. The van der Waals surface area contributed by atoms with Gasteiger partial charge in [-0.1, -0.05) is 48.5 Å². The minimum absolute atomic E-state index is 0.244. The van der Waals surface area contributed by atoms with E-state index in [9.17, 15) is 4.79 Å². The fourth-order valence-corrected chi connectivity index (χ4v) is 2.52. The summed E-state index contributed by atoms with van der Waals surface area (Å²) in [6.45, 7) is 2.50. The molecule has 0 saturated carbocycles. The summed E-state index contributed by atoms with van der Waals surface area (Å²) in [4.78, 5) is 23.2. The van der Waals surface area contributed by atoms with E-state index in [4.69, 9.17) is 0 Å². The van der Waals surface area contributed by atoms with Crippen molar-refractivity contribution in [3.05, 3.63) is 83.8 Å². The van der Waals surface area contributed by atoms with Crippen LogP contribution in [0, 0.1) is 6.92 Å². The summed E-state index contributed by atoms with van der Waals surface area (Å²) in [5.41, 5.74) is 2.27. The molecule has 1 N–H and O–H groups in total. The van der Waals surface area contributed by atoms with Crippen LogP contribution in [0.25, 0.3) is 0 Å². The van der Waals surface area contributed by atoms with Crippen LogP contribution in [0.3, 0.4) is 0 Å². The molecule has 0 saturated heterocycles. The van der Waals surface area contributed by atoms with Crippen molar-refractivity contribution in [1.29, 1.82) is 0 Å². The number of rotatable bonds is 5. The van der Waals surface area contributed by atoms with Crippen LogP contribution >= 0.6 is 0 Å². The summed E-state index contributed by atoms with van der Waals surface area (Å²) in [6.07, 6.45) is 0. The maximum atomic E-state index is 12.5. The number of anilines is 2.